The number of benzene rings is 1. The fraction of sp³-hybridized carbons (Fsp3) is 0.250. The van der Waals surface area contributed by atoms with Crippen LogP contribution in [-0.2, 0) is 6.42 Å². The van der Waals surface area contributed by atoms with Gasteiger partial charge < -0.3 is 9.84 Å². The van der Waals surface area contributed by atoms with Crippen LogP contribution in [0.1, 0.15) is 18.3 Å². The Morgan fingerprint density at radius 3 is 2.95 bits per heavy atom. The van der Waals surface area contributed by atoms with Crippen molar-refractivity contribution in [1.82, 2.24) is 14.9 Å². The van der Waals surface area contributed by atoms with Gasteiger partial charge in [0.2, 0.25) is 10.5 Å². The lowest BCUT2D eigenvalue weighted by Crippen LogP contribution is -1.99. The van der Waals surface area contributed by atoms with E-state index in [4.69, 9.17) is 17.0 Å². The molecule has 0 radical (unpaired) electrons. The summed E-state index contributed by atoms with van der Waals surface area (Å²) in [6.45, 7) is 1.88. The number of phenolic OH excluding ortho intramolecular Hbond substituents is 1. The number of nitrogens with one attached hydrogen (secondary N) is 1. The van der Waals surface area contributed by atoms with Gasteiger partial charge in [0.1, 0.15) is 5.75 Å². The van der Waals surface area contributed by atoms with Gasteiger partial charge in [0.05, 0.1) is 24.3 Å². The van der Waals surface area contributed by atoms with Crippen molar-refractivity contribution in [2.24, 2.45) is 5.10 Å². The fourth-order valence-electron chi connectivity index (χ4n) is 1.76. The molecular weight excluding hydrogens is 310 g/mol. The first-order chi connectivity index (χ1) is 10.5. The third-order valence-corrected chi connectivity index (χ3v) is 3.14. The van der Waals surface area contributed by atoms with Gasteiger partial charge in [-0.2, -0.15) is 14.9 Å². The SMILES string of the molecule is CCc1n[nH]c(=S)n1/N=C/c1cc(OC)cc([N+](=O)[O-])c1O. The van der Waals surface area contributed by atoms with Crippen molar-refractivity contribution in [3.63, 3.8) is 0 Å². The van der Waals surface area contributed by atoms with Crippen molar-refractivity contribution in [2.45, 2.75) is 13.3 Å². The zero-order valence-corrected chi connectivity index (χ0v) is 12.6. The maximum atomic E-state index is 10.9. The molecule has 0 aliphatic heterocycles. The maximum absolute atomic E-state index is 10.9. The fourth-order valence-corrected chi connectivity index (χ4v) is 1.96. The van der Waals surface area contributed by atoms with Crippen molar-refractivity contribution in [3.05, 3.63) is 38.4 Å². The summed E-state index contributed by atoms with van der Waals surface area (Å²) in [5, 5.41) is 31.6. The van der Waals surface area contributed by atoms with Crippen LogP contribution in [0.3, 0.4) is 0 Å². The molecule has 22 heavy (non-hydrogen) atoms. The van der Waals surface area contributed by atoms with Crippen molar-refractivity contribution in [3.8, 4) is 11.5 Å². The smallest absolute Gasteiger partial charge is 0.315 e. The lowest BCUT2D eigenvalue weighted by Gasteiger charge is -2.04. The monoisotopic (exact) mass is 323 g/mol. The normalized spacial score (nSPS) is 11.0. The van der Waals surface area contributed by atoms with E-state index in [0.29, 0.717) is 12.2 Å². The van der Waals surface area contributed by atoms with Crippen molar-refractivity contribution in [2.75, 3.05) is 7.11 Å². The summed E-state index contributed by atoms with van der Waals surface area (Å²) in [6, 6.07) is 2.56. The van der Waals surface area contributed by atoms with Gasteiger partial charge in [0, 0.05) is 12.0 Å². The van der Waals surface area contributed by atoms with Crippen LogP contribution in [0.5, 0.6) is 11.5 Å². The molecule has 0 atom stereocenters. The Balaban J connectivity index is 2.51. The summed E-state index contributed by atoms with van der Waals surface area (Å²) >= 11 is 5.04. The number of aromatic amines is 1. The standard InChI is InChI=1S/C12H13N5O4S/c1-3-10-14-15-12(22)16(10)13-6-7-4-8(21-2)5-9(11(7)18)17(19)20/h4-6,18H,3H2,1-2H3,(H,15,22)/b13-6+. The maximum Gasteiger partial charge on any atom is 0.315 e. The summed E-state index contributed by atoms with van der Waals surface area (Å²) in [7, 11) is 1.37. The topological polar surface area (TPSA) is 119 Å². The number of nitrogens with zero attached hydrogens (tertiary/aromatic N) is 4. The number of rotatable bonds is 5. The van der Waals surface area contributed by atoms with Gasteiger partial charge >= 0.3 is 5.69 Å². The molecule has 0 aliphatic carbocycles. The van der Waals surface area contributed by atoms with Crippen LogP contribution in [0.4, 0.5) is 5.69 Å². The number of phenols is 1. The first-order valence-electron chi connectivity index (χ1n) is 6.24. The van der Waals surface area contributed by atoms with Gasteiger partial charge in [-0.25, -0.2) is 0 Å². The van der Waals surface area contributed by atoms with Gasteiger partial charge in [0.25, 0.3) is 0 Å². The van der Waals surface area contributed by atoms with Crippen LogP contribution in [0, 0.1) is 14.9 Å². The Hall–Kier alpha value is -2.75. The van der Waals surface area contributed by atoms with Gasteiger partial charge in [-0.1, -0.05) is 6.92 Å². The molecule has 0 amide bonds. The first kappa shape index (κ1) is 15.6. The van der Waals surface area contributed by atoms with E-state index >= 15 is 0 Å². The van der Waals surface area contributed by atoms with E-state index in [9.17, 15) is 15.2 Å². The van der Waals surface area contributed by atoms with Crippen LogP contribution in [-0.4, -0.2) is 38.2 Å². The molecule has 2 aromatic rings. The molecule has 0 aliphatic rings. The number of ether oxygens (including phenoxy) is 1. The minimum Gasteiger partial charge on any atom is -0.502 e. The molecule has 2 N–H and O–H groups in total. The minimum atomic E-state index is -0.698. The highest BCUT2D eigenvalue weighted by Crippen LogP contribution is 2.33. The molecular formula is C12H13N5O4S. The highest BCUT2D eigenvalue weighted by Gasteiger charge is 2.18. The quantitative estimate of drug-likeness (QED) is 0.376. The van der Waals surface area contributed by atoms with Gasteiger partial charge in [-0.3, -0.25) is 15.2 Å². The number of aromatic nitrogens is 3. The van der Waals surface area contributed by atoms with Crippen molar-refractivity contribution < 1.29 is 14.8 Å². The number of nitro groups is 1. The van der Waals surface area contributed by atoms with Crippen LogP contribution >= 0.6 is 12.2 Å². The lowest BCUT2D eigenvalue weighted by atomic mass is 10.1. The van der Waals surface area contributed by atoms with Crippen LogP contribution < -0.4 is 4.74 Å². The second-order valence-corrected chi connectivity index (χ2v) is 4.58. The molecule has 0 spiro atoms. The van der Waals surface area contributed by atoms with E-state index in [2.05, 4.69) is 15.3 Å². The summed E-state index contributed by atoms with van der Waals surface area (Å²) in [5.74, 6) is 0.332. The zero-order valence-electron chi connectivity index (χ0n) is 11.8. The molecule has 0 bridgehead atoms. The van der Waals surface area contributed by atoms with Crippen LogP contribution in [0.2, 0.25) is 0 Å². The summed E-state index contributed by atoms with van der Waals surface area (Å²) in [4.78, 5) is 10.2. The number of aryl methyl sites for hydroxylation is 1. The Bertz CT molecular complexity index is 795. The van der Waals surface area contributed by atoms with Crippen LogP contribution in [0.25, 0.3) is 0 Å². The highest BCUT2D eigenvalue weighted by atomic mass is 32.1. The van der Waals surface area contributed by atoms with Crippen LogP contribution in [0.15, 0.2) is 17.2 Å². The Morgan fingerprint density at radius 2 is 2.36 bits per heavy atom. The Labute approximate surface area is 130 Å². The number of methoxy groups -OCH3 is 1. The molecule has 1 heterocycles. The van der Waals surface area contributed by atoms with Gasteiger partial charge in [-0.05, 0) is 18.3 Å². The number of hydrogen-bond acceptors (Lipinski definition) is 7. The van der Waals surface area contributed by atoms with Gasteiger partial charge in [-0.15, -0.1) is 0 Å². The van der Waals surface area contributed by atoms with E-state index in [1.165, 1.54) is 24.1 Å². The minimum absolute atomic E-state index is 0.135. The third-order valence-electron chi connectivity index (χ3n) is 2.87. The Morgan fingerprint density at radius 1 is 1.64 bits per heavy atom. The first-order valence-corrected chi connectivity index (χ1v) is 6.64. The molecule has 10 heteroatoms. The lowest BCUT2D eigenvalue weighted by molar-refractivity contribution is -0.385. The van der Waals surface area contributed by atoms with Gasteiger partial charge in [0.15, 0.2) is 5.82 Å². The molecule has 116 valence electrons. The van der Waals surface area contributed by atoms with Crippen molar-refractivity contribution in [1.29, 1.82) is 0 Å². The molecule has 0 saturated heterocycles. The van der Waals surface area contributed by atoms with E-state index in [-0.39, 0.29) is 16.1 Å². The number of H-pyrrole nitrogens is 1. The largest absolute Gasteiger partial charge is 0.502 e. The molecule has 9 nitrogen and oxygen atoms in total. The van der Waals surface area contributed by atoms with E-state index in [1.807, 2.05) is 6.92 Å². The number of hydrogen-bond donors (Lipinski definition) is 2. The van der Waals surface area contributed by atoms with Crippen molar-refractivity contribution >= 4 is 24.1 Å². The predicted molar refractivity (Wildman–Crippen MR) is 81.1 cm³/mol. The summed E-state index contributed by atoms with van der Waals surface area (Å²) in [5.41, 5.74) is -0.330. The third kappa shape index (κ3) is 2.96. The Kier molecular flexibility index (Phi) is 4.51. The van der Waals surface area contributed by atoms with E-state index in [1.54, 1.807) is 0 Å². The molecule has 1 aromatic heterocycles. The average Bonchev–Trinajstić information content (AvgIpc) is 2.86. The zero-order chi connectivity index (χ0) is 16.3. The second kappa shape index (κ2) is 6.35. The molecule has 0 fully saturated rings. The van der Waals surface area contributed by atoms with E-state index < -0.39 is 16.4 Å². The molecule has 1 aromatic carbocycles. The molecule has 0 saturated carbocycles. The average molecular weight is 323 g/mol. The number of nitro benzene ring substituents is 1. The molecule has 0 unspecified atom stereocenters. The summed E-state index contributed by atoms with van der Waals surface area (Å²) in [6.07, 6.45) is 1.85. The summed E-state index contributed by atoms with van der Waals surface area (Å²) < 4.78 is 6.64. The number of aromatic hydroxyl groups is 1. The highest BCUT2D eigenvalue weighted by molar-refractivity contribution is 7.71. The predicted octanol–water partition coefficient (Wildman–Crippen LogP) is 2.01. The van der Waals surface area contributed by atoms with E-state index in [0.717, 1.165) is 6.07 Å². The molecule has 2 rings (SSSR count). The second-order valence-electron chi connectivity index (χ2n) is 4.20.